The molecule has 1 N–H and O–H groups in total. The summed E-state index contributed by atoms with van der Waals surface area (Å²) >= 11 is 0. The van der Waals surface area contributed by atoms with Gasteiger partial charge in [-0.3, -0.25) is 9.78 Å². The molecular weight excluding hydrogens is 202 g/mol. The van der Waals surface area contributed by atoms with Gasteiger partial charge in [0.25, 0.3) is 0 Å². The van der Waals surface area contributed by atoms with Crippen LogP contribution in [-0.2, 0) is 4.79 Å². The number of benzene rings is 1. The van der Waals surface area contributed by atoms with Gasteiger partial charge in [-0.05, 0) is 36.1 Å². The summed E-state index contributed by atoms with van der Waals surface area (Å²) in [4.78, 5) is 15.0. The maximum atomic E-state index is 10.8. The van der Waals surface area contributed by atoms with Crippen LogP contribution in [0, 0.1) is 5.92 Å². The number of aliphatic carboxylic acids is 1. The molecule has 80 valence electrons. The monoisotopic (exact) mass is 213 g/mol. The number of carbonyl (C=O) groups is 1. The van der Waals surface area contributed by atoms with Crippen molar-refractivity contribution < 1.29 is 9.90 Å². The molecule has 1 aromatic carbocycles. The molecule has 3 rings (SSSR count). The van der Waals surface area contributed by atoms with E-state index in [0.29, 0.717) is 0 Å². The van der Waals surface area contributed by atoms with Crippen LogP contribution in [-0.4, -0.2) is 16.1 Å². The molecular formula is C13H11NO2. The molecule has 0 aliphatic heterocycles. The molecule has 3 heteroatoms. The quantitative estimate of drug-likeness (QED) is 0.833. The lowest BCUT2D eigenvalue weighted by molar-refractivity contribution is -0.138. The lowest BCUT2D eigenvalue weighted by Crippen LogP contribution is -1.98. The first-order chi connectivity index (χ1) is 7.75. The second kappa shape index (κ2) is 3.30. The fraction of sp³-hybridized carbons (Fsp3) is 0.231. The van der Waals surface area contributed by atoms with Gasteiger partial charge < -0.3 is 5.11 Å². The smallest absolute Gasteiger partial charge is 0.307 e. The maximum Gasteiger partial charge on any atom is 0.307 e. The summed E-state index contributed by atoms with van der Waals surface area (Å²) < 4.78 is 0. The molecule has 0 bridgehead atoms. The van der Waals surface area contributed by atoms with Crippen LogP contribution >= 0.6 is 0 Å². The Balaban J connectivity index is 1.98. The average molecular weight is 213 g/mol. The predicted octanol–water partition coefficient (Wildman–Crippen LogP) is 2.42. The van der Waals surface area contributed by atoms with Crippen LogP contribution in [0.5, 0.6) is 0 Å². The molecule has 1 fully saturated rings. The number of fused-ring (bicyclic) bond motifs is 1. The van der Waals surface area contributed by atoms with Crippen LogP contribution in [0.4, 0.5) is 0 Å². The second-order valence-electron chi connectivity index (χ2n) is 4.24. The third-order valence-electron chi connectivity index (χ3n) is 3.16. The number of pyridine rings is 1. The van der Waals surface area contributed by atoms with Crippen molar-refractivity contribution in [3.05, 3.63) is 42.1 Å². The van der Waals surface area contributed by atoms with Crippen LogP contribution in [0.2, 0.25) is 0 Å². The standard InChI is InChI=1S/C13H11NO2/c15-13(16)11-7-10(11)8-3-4-12-9(6-8)2-1-5-14-12/h1-6,10-11H,7H2,(H,15,16). The molecule has 2 atom stereocenters. The molecule has 3 nitrogen and oxygen atoms in total. The van der Waals surface area contributed by atoms with Crippen molar-refractivity contribution in [1.82, 2.24) is 4.98 Å². The SMILES string of the molecule is O=C(O)C1CC1c1ccc2ncccc2c1. The van der Waals surface area contributed by atoms with Crippen LogP contribution < -0.4 is 0 Å². The van der Waals surface area contributed by atoms with Gasteiger partial charge in [0.15, 0.2) is 0 Å². The predicted molar refractivity (Wildman–Crippen MR) is 60.2 cm³/mol. The summed E-state index contributed by atoms with van der Waals surface area (Å²) in [5.41, 5.74) is 2.08. The van der Waals surface area contributed by atoms with E-state index in [4.69, 9.17) is 5.11 Å². The average Bonchev–Trinajstić information content (AvgIpc) is 3.08. The van der Waals surface area contributed by atoms with Crippen molar-refractivity contribution >= 4 is 16.9 Å². The highest BCUT2D eigenvalue weighted by Gasteiger charge is 2.44. The Labute approximate surface area is 92.7 Å². The Morgan fingerprint density at radius 3 is 3.00 bits per heavy atom. The Morgan fingerprint density at radius 2 is 2.25 bits per heavy atom. The minimum atomic E-state index is -0.684. The molecule has 0 amide bonds. The van der Waals surface area contributed by atoms with Crippen molar-refractivity contribution in [3.63, 3.8) is 0 Å². The Kier molecular flexibility index (Phi) is 1.93. The van der Waals surface area contributed by atoms with E-state index in [2.05, 4.69) is 11.1 Å². The van der Waals surface area contributed by atoms with Crippen LogP contribution in [0.3, 0.4) is 0 Å². The summed E-state index contributed by atoms with van der Waals surface area (Å²) in [5.74, 6) is -0.674. The molecule has 1 heterocycles. The molecule has 1 saturated carbocycles. The summed E-state index contributed by atoms with van der Waals surface area (Å²) in [5, 5.41) is 9.97. The molecule has 0 radical (unpaired) electrons. The zero-order chi connectivity index (χ0) is 11.1. The summed E-state index contributed by atoms with van der Waals surface area (Å²) in [6.45, 7) is 0. The summed E-state index contributed by atoms with van der Waals surface area (Å²) in [7, 11) is 0. The number of hydrogen-bond donors (Lipinski definition) is 1. The van der Waals surface area contributed by atoms with Crippen molar-refractivity contribution in [2.75, 3.05) is 0 Å². The molecule has 1 aliphatic rings. The number of rotatable bonds is 2. The number of hydrogen-bond acceptors (Lipinski definition) is 2. The van der Waals surface area contributed by atoms with E-state index >= 15 is 0 Å². The van der Waals surface area contributed by atoms with Gasteiger partial charge in [0.1, 0.15) is 0 Å². The summed E-state index contributed by atoms with van der Waals surface area (Å²) in [6, 6.07) is 9.90. The third-order valence-corrected chi connectivity index (χ3v) is 3.16. The van der Waals surface area contributed by atoms with E-state index in [0.717, 1.165) is 22.9 Å². The first kappa shape index (κ1) is 9.33. The highest BCUT2D eigenvalue weighted by atomic mass is 16.4. The Hall–Kier alpha value is -1.90. The molecule has 1 aromatic heterocycles. The van der Waals surface area contributed by atoms with Gasteiger partial charge in [-0.15, -0.1) is 0 Å². The van der Waals surface area contributed by atoms with Gasteiger partial charge >= 0.3 is 5.97 Å². The normalized spacial score (nSPS) is 23.2. The summed E-state index contributed by atoms with van der Waals surface area (Å²) in [6.07, 6.45) is 2.53. The van der Waals surface area contributed by atoms with E-state index in [1.807, 2.05) is 24.3 Å². The van der Waals surface area contributed by atoms with Gasteiger partial charge in [0, 0.05) is 11.6 Å². The van der Waals surface area contributed by atoms with E-state index < -0.39 is 5.97 Å². The minimum absolute atomic E-state index is 0.186. The number of carboxylic acid groups (broad SMARTS) is 1. The van der Waals surface area contributed by atoms with E-state index in [-0.39, 0.29) is 11.8 Å². The van der Waals surface area contributed by atoms with Gasteiger partial charge in [0.2, 0.25) is 0 Å². The first-order valence-corrected chi connectivity index (χ1v) is 5.33. The van der Waals surface area contributed by atoms with Crippen molar-refractivity contribution in [2.45, 2.75) is 12.3 Å². The zero-order valence-electron chi connectivity index (χ0n) is 8.63. The van der Waals surface area contributed by atoms with Gasteiger partial charge in [-0.1, -0.05) is 12.1 Å². The Bertz CT molecular complexity index is 565. The fourth-order valence-electron chi connectivity index (χ4n) is 2.16. The molecule has 16 heavy (non-hydrogen) atoms. The lowest BCUT2D eigenvalue weighted by atomic mass is 10.1. The van der Waals surface area contributed by atoms with Crippen molar-refractivity contribution in [2.24, 2.45) is 5.92 Å². The number of carboxylic acids is 1. The van der Waals surface area contributed by atoms with E-state index in [1.165, 1.54) is 0 Å². The second-order valence-corrected chi connectivity index (χ2v) is 4.24. The topological polar surface area (TPSA) is 50.2 Å². The molecule has 1 aliphatic carbocycles. The third kappa shape index (κ3) is 1.45. The minimum Gasteiger partial charge on any atom is -0.481 e. The number of aromatic nitrogens is 1. The molecule has 0 spiro atoms. The largest absolute Gasteiger partial charge is 0.481 e. The van der Waals surface area contributed by atoms with Gasteiger partial charge in [0.05, 0.1) is 11.4 Å². The zero-order valence-corrected chi connectivity index (χ0v) is 8.63. The molecule has 2 unspecified atom stereocenters. The van der Waals surface area contributed by atoms with E-state index in [9.17, 15) is 4.79 Å². The Morgan fingerprint density at radius 1 is 1.38 bits per heavy atom. The lowest BCUT2D eigenvalue weighted by Gasteiger charge is -2.01. The molecule has 2 aromatic rings. The van der Waals surface area contributed by atoms with E-state index in [1.54, 1.807) is 6.20 Å². The number of nitrogens with zero attached hydrogens (tertiary/aromatic N) is 1. The van der Waals surface area contributed by atoms with Crippen LogP contribution in [0.25, 0.3) is 10.9 Å². The first-order valence-electron chi connectivity index (χ1n) is 5.33. The van der Waals surface area contributed by atoms with Crippen molar-refractivity contribution in [3.8, 4) is 0 Å². The van der Waals surface area contributed by atoms with Gasteiger partial charge in [-0.25, -0.2) is 0 Å². The maximum absolute atomic E-state index is 10.8. The highest BCUT2D eigenvalue weighted by Crippen LogP contribution is 2.47. The highest BCUT2D eigenvalue weighted by molar-refractivity contribution is 5.80. The van der Waals surface area contributed by atoms with Gasteiger partial charge in [-0.2, -0.15) is 0 Å². The molecule has 0 saturated heterocycles. The van der Waals surface area contributed by atoms with Crippen molar-refractivity contribution in [1.29, 1.82) is 0 Å². The van der Waals surface area contributed by atoms with Crippen LogP contribution in [0.15, 0.2) is 36.5 Å². The van der Waals surface area contributed by atoms with Crippen LogP contribution in [0.1, 0.15) is 17.9 Å². The fourth-order valence-corrected chi connectivity index (χ4v) is 2.16.